The molecule has 1 aliphatic heterocycles. The first-order valence-corrected chi connectivity index (χ1v) is 13.5. The third-order valence-corrected chi connectivity index (χ3v) is 8.37. The molecule has 1 aliphatic carbocycles. The number of anilines is 1. The Bertz CT molecular complexity index is 1230. The fourth-order valence-electron chi connectivity index (χ4n) is 4.79. The molecule has 0 radical (unpaired) electrons. The van der Waals surface area contributed by atoms with Gasteiger partial charge in [0.2, 0.25) is 17.6 Å². The van der Waals surface area contributed by atoms with Gasteiger partial charge >= 0.3 is 5.97 Å². The van der Waals surface area contributed by atoms with E-state index in [0.717, 1.165) is 67.2 Å². The van der Waals surface area contributed by atoms with E-state index in [2.05, 4.69) is 36.3 Å². The molecular weight excluding hydrogens is 532 g/mol. The SMILES string of the molecule is COC(=O)c1c(NC(=O)C2CCN(Cc3nc(-c4cccc(Br)c4)no3)CC2)sc2c1CCCC2. The average molecular weight is 559 g/mol. The van der Waals surface area contributed by atoms with Crippen molar-refractivity contribution in [2.75, 3.05) is 25.5 Å². The van der Waals surface area contributed by atoms with Gasteiger partial charge in [0.1, 0.15) is 5.00 Å². The molecule has 3 heterocycles. The summed E-state index contributed by atoms with van der Waals surface area (Å²) in [5.41, 5.74) is 2.50. The molecule has 8 nitrogen and oxygen atoms in total. The number of hydrogen-bond acceptors (Lipinski definition) is 8. The minimum absolute atomic E-state index is 0.0249. The first-order chi connectivity index (χ1) is 17.0. The second-order valence-corrected chi connectivity index (χ2v) is 11.0. The highest BCUT2D eigenvalue weighted by Gasteiger charge is 2.30. The fraction of sp³-hybridized carbons (Fsp3) is 0.440. The maximum Gasteiger partial charge on any atom is 0.341 e. The van der Waals surface area contributed by atoms with Crippen LogP contribution < -0.4 is 5.32 Å². The number of thiophene rings is 1. The highest BCUT2D eigenvalue weighted by molar-refractivity contribution is 9.10. The first kappa shape index (κ1) is 24.1. The van der Waals surface area contributed by atoms with Gasteiger partial charge in [-0.25, -0.2) is 4.79 Å². The van der Waals surface area contributed by atoms with E-state index >= 15 is 0 Å². The molecule has 2 aromatic heterocycles. The number of benzene rings is 1. The zero-order chi connectivity index (χ0) is 24.4. The van der Waals surface area contributed by atoms with Crippen LogP contribution in [-0.4, -0.2) is 47.1 Å². The number of ether oxygens (including phenoxy) is 1. The van der Waals surface area contributed by atoms with Crippen LogP contribution in [0.3, 0.4) is 0 Å². The monoisotopic (exact) mass is 558 g/mol. The number of rotatable bonds is 6. The molecule has 1 amide bonds. The number of amides is 1. The Balaban J connectivity index is 1.18. The number of carbonyl (C=O) groups excluding carboxylic acids is 2. The summed E-state index contributed by atoms with van der Waals surface area (Å²) in [4.78, 5) is 33.5. The molecular formula is C25H27BrN4O4S. The number of aryl methyl sites for hydroxylation is 1. The Labute approximate surface area is 216 Å². The highest BCUT2D eigenvalue weighted by atomic mass is 79.9. The summed E-state index contributed by atoms with van der Waals surface area (Å²) in [6, 6.07) is 7.78. The van der Waals surface area contributed by atoms with E-state index in [4.69, 9.17) is 9.26 Å². The number of piperidine rings is 1. The first-order valence-electron chi connectivity index (χ1n) is 11.9. The largest absolute Gasteiger partial charge is 0.465 e. The van der Waals surface area contributed by atoms with Gasteiger partial charge in [-0.1, -0.05) is 33.2 Å². The van der Waals surface area contributed by atoms with Crippen molar-refractivity contribution < 1.29 is 18.8 Å². The predicted octanol–water partition coefficient (Wildman–Crippen LogP) is 5.08. The number of esters is 1. The Kier molecular flexibility index (Phi) is 7.31. The van der Waals surface area contributed by atoms with Crippen molar-refractivity contribution in [3.05, 3.63) is 50.6 Å². The summed E-state index contributed by atoms with van der Waals surface area (Å²) in [5, 5.41) is 7.81. The quantitative estimate of drug-likeness (QED) is 0.421. The van der Waals surface area contributed by atoms with Gasteiger partial charge in [-0.05, 0) is 69.3 Å². The van der Waals surface area contributed by atoms with Crippen LogP contribution in [0, 0.1) is 5.92 Å². The molecule has 0 unspecified atom stereocenters. The van der Waals surface area contributed by atoms with Crippen LogP contribution in [0.2, 0.25) is 0 Å². The van der Waals surface area contributed by atoms with Gasteiger partial charge in [-0.2, -0.15) is 4.98 Å². The normalized spacial score (nSPS) is 16.6. The number of halogens is 1. The van der Waals surface area contributed by atoms with Crippen molar-refractivity contribution in [1.82, 2.24) is 15.0 Å². The molecule has 1 saturated heterocycles. The van der Waals surface area contributed by atoms with Crippen molar-refractivity contribution in [3.63, 3.8) is 0 Å². The molecule has 3 aromatic rings. The van der Waals surface area contributed by atoms with Gasteiger partial charge in [-0.15, -0.1) is 11.3 Å². The van der Waals surface area contributed by atoms with E-state index in [0.29, 0.717) is 28.8 Å². The van der Waals surface area contributed by atoms with Crippen LogP contribution in [-0.2, 0) is 28.9 Å². The van der Waals surface area contributed by atoms with Crippen LogP contribution >= 0.6 is 27.3 Å². The standard InChI is InChI=1S/C25H27BrN4O4S/c1-33-25(32)21-18-7-2-3-8-19(18)35-24(21)28-23(31)15-9-11-30(12-10-15)14-20-27-22(29-34-20)16-5-4-6-17(26)13-16/h4-6,13,15H,2-3,7-12,14H2,1H3,(H,28,31). The Morgan fingerprint density at radius 3 is 2.83 bits per heavy atom. The smallest absolute Gasteiger partial charge is 0.341 e. The van der Waals surface area contributed by atoms with Crippen LogP contribution in [0.1, 0.15) is 52.4 Å². The summed E-state index contributed by atoms with van der Waals surface area (Å²) >= 11 is 4.99. The number of nitrogens with one attached hydrogen (secondary N) is 1. The van der Waals surface area contributed by atoms with Gasteiger partial charge < -0.3 is 14.6 Å². The van der Waals surface area contributed by atoms with Gasteiger partial charge in [-0.3, -0.25) is 9.69 Å². The highest BCUT2D eigenvalue weighted by Crippen LogP contribution is 2.39. The van der Waals surface area contributed by atoms with Crippen LogP contribution in [0.4, 0.5) is 5.00 Å². The number of nitrogens with zero attached hydrogens (tertiary/aromatic N) is 3. The Morgan fingerprint density at radius 2 is 2.06 bits per heavy atom. The average Bonchev–Trinajstić information content (AvgIpc) is 3.48. The third-order valence-electron chi connectivity index (χ3n) is 6.67. The lowest BCUT2D eigenvalue weighted by Gasteiger charge is -2.30. The van der Waals surface area contributed by atoms with Crippen molar-refractivity contribution >= 4 is 44.1 Å². The fourth-order valence-corrected chi connectivity index (χ4v) is 6.47. The molecule has 0 bridgehead atoms. The van der Waals surface area contributed by atoms with Crippen molar-refractivity contribution in [3.8, 4) is 11.4 Å². The predicted molar refractivity (Wildman–Crippen MR) is 136 cm³/mol. The van der Waals surface area contributed by atoms with E-state index in [1.807, 2.05) is 24.3 Å². The lowest BCUT2D eigenvalue weighted by atomic mass is 9.94. The van der Waals surface area contributed by atoms with Crippen molar-refractivity contribution in [1.29, 1.82) is 0 Å². The number of carbonyl (C=O) groups is 2. The van der Waals surface area contributed by atoms with Crippen LogP contribution in [0.25, 0.3) is 11.4 Å². The number of aromatic nitrogens is 2. The van der Waals surface area contributed by atoms with Gasteiger partial charge in [0.15, 0.2) is 0 Å². The molecule has 35 heavy (non-hydrogen) atoms. The summed E-state index contributed by atoms with van der Waals surface area (Å²) in [5.74, 6) is 0.639. The van der Waals surface area contributed by atoms with Gasteiger partial charge in [0.25, 0.3) is 0 Å². The summed E-state index contributed by atoms with van der Waals surface area (Å²) in [6.07, 6.45) is 5.46. The minimum Gasteiger partial charge on any atom is -0.465 e. The molecule has 1 aromatic carbocycles. The molecule has 184 valence electrons. The second kappa shape index (κ2) is 10.6. The maximum absolute atomic E-state index is 13.1. The van der Waals surface area contributed by atoms with Gasteiger partial charge in [0.05, 0.1) is 19.2 Å². The van der Waals surface area contributed by atoms with E-state index in [1.165, 1.54) is 23.3 Å². The molecule has 0 spiro atoms. The number of methoxy groups -OCH3 is 1. The molecule has 5 rings (SSSR count). The molecule has 1 N–H and O–H groups in total. The summed E-state index contributed by atoms with van der Waals surface area (Å²) < 4.78 is 11.4. The number of fused-ring (bicyclic) bond motifs is 1. The Morgan fingerprint density at radius 1 is 1.26 bits per heavy atom. The topological polar surface area (TPSA) is 97.6 Å². The zero-order valence-corrected chi connectivity index (χ0v) is 21.9. The van der Waals surface area contributed by atoms with Crippen molar-refractivity contribution in [2.24, 2.45) is 5.92 Å². The zero-order valence-electron chi connectivity index (χ0n) is 19.5. The van der Waals surface area contributed by atoms with E-state index in [-0.39, 0.29) is 17.8 Å². The van der Waals surface area contributed by atoms with E-state index in [1.54, 1.807) is 0 Å². The Hall–Kier alpha value is -2.56. The molecule has 1 fully saturated rings. The van der Waals surface area contributed by atoms with Crippen LogP contribution in [0.15, 0.2) is 33.3 Å². The molecule has 10 heteroatoms. The summed E-state index contributed by atoms with van der Waals surface area (Å²) in [7, 11) is 1.39. The van der Waals surface area contributed by atoms with Crippen LogP contribution in [0.5, 0.6) is 0 Å². The lowest BCUT2D eigenvalue weighted by molar-refractivity contribution is -0.121. The number of likely N-dealkylation sites (tertiary alicyclic amines) is 1. The molecule has 0 atom stereocenters. The summed E-state index contributed by atoms with van der Waals surface area (Å²) in [6.45, 7) is 2.08. The second-order valence-electron chi connectivity index (χ2n) is 8.97. The molecule has 0 saturated carbocycles. The van der Waals surface area contributed by atoms with Crippen molar-refractivity contribution in [2.45, 2.75) is 45.1 Å². The van der Waals surface area contributed by atoms with E-state index in [9.17, 15) is 9.59 Å². The maximum atomic E-state index is 13.1. The molecule has 2 aliphatic rings. The lowest BCUT2D eigenvalue weighted by Crippen LogP contribution is -2.37. The van der Waals surface area contributed by atoms with Gasteiger partial charge in [0, 0.05) is 20.8 Å². The minimum atomic E-state index is -0.365. The van der Waals surface area contributed by atoms with E-state index < -0.39 is 0 Å². The number of hydrogen-bond donors (Lipinski definition) is 1. The third kappa shape index (κ3) is 5.34.